The van der Waals surface area contributed by atoms with Crippen molar-refractivity contribution in [3.05, 3.63) is 35.4 Å². The molecule has 0 atom stereocenters. The van der Waals surface area contributed by atoms with Crippen LogP contribution in [0.1, 0.15) is 36.8 Å². The molecule has 140 valence electrons. The zero-order chi connectivity index (χ0) is 19.3. The molecule has 0 bridgehead atoms. The summed E-state index contributed by atoms with van der Waals surface area (Å²) in [7, 11) is 0. The summed E-state index contributed by atoms with van der Waals surface area (Å²) < 4.78 is 0. The molecule has 0 aliphatic rings. The number of hydrogen-bond acceptors (Lipinski definition) is 7. The van der Waals surface area contributed by atoms with E-state index in [0.717, 1.165) is 12.1 Å². The van der Waals surface area contributed by atoms with Gasteiger partial charge in [-0.2, -0.15) is 0 Å². The number of hydrogen-bond donors (Lipinski definition) is 6. The van der Waals surface area contributed by atoms with Gasteiger partial charge in [0.25, 0.3) is 0 Å². The average Bonchev–Trinajstić information content (AvgIpc) is 2.57. The van der Waals surface area contributed by atoms with Gasteiger partial charge in [-0.3, -0.25) is 4.79 Å². The number of Topliss-reactive ketones (excluding diaryl/α,β-unsaturated/α-hetero) is 1. The second-order valence-electron chi connectivity index (χ2n) is 6.19. The Morgan fingerprint density at radius 1 is 0.577 bits per heavy atom. The number of aryl methyl sites for hydroxylation is 2. The highest BCUT2D eigenvalue weighted by Gasteiger charge is 2.11. The number of ketones is 1. The van der Waals surface area contributed by atoms with Crippen molar-refractivity contribution in [1.82, 2.24) is 0 Å². The Morgan fingerprint density at radius 3 is 1.31 bits per heavy atom. The zero-order valence-corrected chi connectivity index (χ0v) is 14.1. The lowest BCUT2D eigenvalue weighted by molar-refractivity contribution is -0.119. The lowest BCUT2D eigenvalue weighted by Gasteiger charge is -2.08. The standard InChI is InChI=1S/C19H22O7/c20-13(5-1-3-11-7-16(23)18(25)9-14(11)21)6-2-4-12-8-17(24)19(26)10-15(12)22/h7-10,21-26H,1-6H2. The fraction of sp³-hybridized carbons (Fsp3) is 0.316. The third kappa shape index (κ3) is 4.95. The SMILES string of the molecule is O=C(CCCc1cc(O)c(O)cc1O)CCCc1cc(O)c(O)cc1O. The molecule has 2 aromatic carbocycles. The number of aromatic hydroxyl groups is 6. The van der Waals surface area contributed by atoms with E-state index >= 15 is 0 Å². The second kappa shape index (κ2) is 8.33. The first-order valence-corrected chi connectivity index (χ1v) is 8.27. The van der Waals surface area contributed by atoms with Crippen LogP contribution in [0.4, 0.5) is 0 Å². The average molecular weight is 362 g/mol. The molecular formula is C19H22O7. The van der Waals surface area contributed by atoms with Crippen molar-refractivity contribution in [3.63, 3.8) is 0 Å². The lowest BCUT2D eigenvalue weighted by Crippen LogP contribution is -2.00. The first-order valence-electron chi connectivity index (χ1n) is 8.27. The quantitative estimate of drug-likeness (QED) is 0.313. The molecule has 0 aliphatic heterocycles. The molecule has 0 aliphatic carbocycles. The molecule has 0 saturated carbocycles. The van der Waals surface area contributed by atoms with Gasteiger partial charge >= 0.3 is 0 Å². The number of rotatable bonds is 8. The number of phenolic OH excluding ortho intramolecular Hbond substituents is 6. The topological polar surface area (TPSA) is 138 Å². The molecular weight excluding hydrogens is 340 g/mol. The van der Waals surface area contributed by atoms with E-state index in [2.05, 4.69) is 0 Å². The van der Waals surface area contributed by atoms with Crippen LogP contribution in [0.5, 0.6) is 34.5 Å². The van der Waals surface area contributed by atoms with Crippen LogP contribution in [0.15, 0.2) is 24.3 Å². The van der Waals surface area contributed by atoms with E-state index in [1.165, 1.54) is 12.1 Å². The van der Waals surface area contributed by atoms with Gasteiger partial charge in [-0.15, -0.1) is 0 Å². The van der Waals surface area contributed by atoms with Crippen LogP contribution < -0.4 is 0 Å². The molecule has 0 amide bonds. The maximum atomic E-state index is 11.9. The van der Waals surface area contributed by atoms with E-state index in [4.69, 9.17) is 0 Å². The summed E-state index contributed by atoms with van der Waals surface area (Å²) in [6.45, 7) is 0. The van der Waals surface area contributed by atoms with Crippen LogP contribution in [0.2, 0.25) is 0 Å². The van der Waals surface area contributed by atoms with Crippen molar-refractivity contribution in [1.29, 1.82) is 0 Å². The second-order valence-corrected chi connectivity index (χ2v) is 6.19. The predicted octanol–water partition coefficient (Wildman–Crippen LogP) is 2.83. The van der Waals surface area contributed by atoms with Crippen LogP contribution in [0.25, 0.3) is 0 Å². The fourth-order valence-electron chi connectivity index (χ4n) is 2.70. The predicted molar refractivity (Wildman–Crippen MR) is 93.8 cm³/mol. The van der Waals surface area contributed by atoms with Gasteiger partial charge in [0, 0.05) is 25.0 Å². The smallest absolute Gasteiger partial charge is 0.161 e. The molecule has 7 heteroatoms. The van der Waals surface area contributed by atoms with Crippen LogP contribution in [0.3, 0.4) is 0 Å². The summed E-state index contributed by atoms with van der Waals surface area (Å²) in [5.41, 5.74) is 0.912. The Bertz CT molecular complexity index is 733. The van der Waals surface area contributed by atoms with Crippen molar-refractivity contribution >= 4 is 5.78 Å². The highest BCUT2D eigenvalue weighted by molar-refractivity contribution is 5.78. The van der Waals surface area contributed by atoms with Crippen molar-refractivity contribution in [3.8, 4) is 34.5 Å². The van der Waals surface area contributed by atoms with E-state index in [0.29, 0.717) is 49.7 Å². The van der Waals surface area contributed by atoms with E-state index in [1.54, 1.807) is 0 Å². The zero-order valence-electron chi connectivity index (χ0n) is 14.1. The first kappa shape index (κ1) is 19.2. The molecule has 0 aromatic heterocycles. The van der Waals surface area contributed by atoms with E-state index in [9.17, 15) is 35.4 Å². The normalized spacial score (nSPS) is 10.8. The van der Waals surface area contributed by atoms with Gasteiger partial charge in [0.2, 0.25) is 0 Å². The van der Waals surface area contributed by atoms with E-state index < -0.39 is 11.5 Å². The highest BCUT2D eigenvalue weighted by atomic mass is 16.3. The minimum Gasteiger partial charge on any atom is -0.508 e. The van der Waals surface area contributed by atoms with E-state index in [-0.39, 0.29) is 28.8 Å². The van der Waals surface area contributed by atoms with Gasteiger partial charge in [0.15, 0.2) is 23.0 Å². The van der Waals surface area contributed by atoms with Crippen molar-refractivity contribution in [2.24, 2.45) is 0 Å². The molecule has 0 saturated heterocycles. The lowest BCUT2D eigenvalue weighted by atomic mass is 10.0. The third-order valence-corrected chi connectivity index (χ3v) is 4.16. The molecule has 26 heavy (non-hydrogen) atoms. The number of phenols is 6. The maximum absolute atomic E-state index is 11.9. The largest absolute Gasteiger partial charge is 0.508 e. The molecule has 0 fully saturated rings. The Labute approximate surface area is 150 Å². The summed E-state index contributed by atoms with van der Waals surface area (Å²) >= 11 is 0. The fourth-order valence-corrected chi connectivity index (χ4v) is 2.70. The molecule has 0 heterocycles. The summed E-state index contributed by atoms with van der Waals surface area (Å²) in [5.74, 6) is -1.67. The Morgan fingerprint density at radius 2 is 0.923 bits per heavy atom. The minimum absolute atomic E-state index is 0.0231. The first-order chi connectivity index (χ1) is 12.3. The summed E-state index contributed by atoms with van der Waals surface area (Å²) in [4.78, 5) is 11.9. The number of benzene rings is 2. The van der Waals surface area contributed by atoms with Crippen molar-refractivity contribution < 1.29 is 35.4 Å². The van der Waals surface area contributed by atoms with Crippen LogP contribution in [-0.4, -0.2) is 36.4 Å². The molecule has 7 nitrogen and oxygen atoms in total. The summed E-state index contributed by atoms with van der Waals surface area (Å²) in [6.07, 6.45) is 2.35. The minimum atomic E-state index is -0.397. The van der Waals surface area contributed by atoms with Crippen molar-refractivity contribution in [2.75, 3.05) is 0 Å². The molecule has 0 radical (unpaired) electrons. The third-order valence-electron chi connectivity index (χ3n) is 4.16. The van der Waals surface area contributed by atoms with Gasteiger partial charge in [-0.25, -0.2) is 0 Å². The molecule has 2 aromatic rings. The van der Waals surface area contributed by atoms with Crippen LogP contribution >= 0.6 is 0 Å². The van der Waals surface area contributed by atoms with E-state index in [1.807, 2.05) is 0 Å². The van der Waals surface area contributed by atoms with Gasteiger partial charge in [0.1, 0.15) is 17.3 Å². The molecule has 0 unspecified atom stereocenters. The van der Waals surface area contributed by atoms with Gasteiger partial charge in [-0.1, -0.05) is 0 Å². The number of carbonyl (C=O) groups excluding carboxylic acids is 1. The monoisotopic (exact) mass is 362 g/mol. The summed E-state index contributed by atoms with van der Waals surface area (Å²) in [5, 5.41) is 56.8. The number of carbonyl (C=O) groups is 1. The highest BCUT2D eigenvalue weighted by Crippen LogP contribution is 2.34. The van der Waals surface area contributed by atoms with Gasteiger partial charge in [-0.05, 0) is 48.9 Å². The summed E-state index contributed by atoms with van der Waals surface area (Å²) in [6, 6.07) is 4.67. The molecule has 6 N–H and O–H groups in total. The molecule has 0 spiro atoms. The van der Waals surface area contributed by atoms with Crippen LogP contribution in [-0.2, 0) is 17.6 Å². The Kier molecular flexibility index (Phi) is 6.16. The maximum Gasteiger partial charge on any atom is 0.161 e. The molecule has 2 rings (SSSR count). The van der Waals surface area contributed by atoms with Crippen molar-refractivity contribution in [2.45, 2.75) is 38.5 Å². The van der Waals surface area contributed by atoms with Crippen LogP contribution in [0, 0.1) is 0 Å². The Hall–Kier alpha value is -3.09. The van der Waals surface area contributed by atoms with Gasteiger partial charge in [0.05, 0.1) is 0 Å². The Balaban J connectivity index is 1.76. The van der Waals surface area contributed by atoms with Gasteiger partial charge < -0.3 is 30.6 Å².